The van der Waals surface area contributed by atoms with Crippen LogP contribution in [0.4, 0.5) is 0 Å². The second-order valence-electron chi connectivity index (χ2n) is 6.67. The fraction of sp³-hybridized carbons (Fsp3) is 0.944. The summed E-state index contributed by atoms with van der Waals surface area (Å²) in [6.45, 7) is 6.49. The van der Waals surface area contributed by atoms with Crippen molar-refractivity contribution in [3.63, 3.8) is 0 Å². The molecule has 0 saturated heterocycles. The van der Waals surface area contributed by atoms with Gasteiger partial charge in [-0.05, 0) is 11.8 Å². The molecule has 0 aromatic heterocycles. The lowest BCUT2D eigenvalue weighted by atomic mass is 9.79. The number of unbranched alkanes of at least 4 members (excludes halogenated alkanes) is 9. The topological polar surface area (TPSA) is 37.3 Å². The number of rotatable bonds is 14. The minimum absolute atomic E-state index is 0.00594. The average molecular weight is 284 g/mol. The molecule has 1 atom stereocenters. The quantitative estimate of drug-likeness (QED) is 0.386. The van der Waals surface area contributed by atoms with Gasteiger partial charge in [0.05, 0.1) is 6.42 Å². The third-order valence-electron chi connectivity index (χ3n) is 4.57. The number of hydrogen-bond donors (Lipinski definition) is 1. The molecule has 0 aliphatic heterocycles. The standard InChI is InChI=1S/C18H36O2/c1-4-6-7-8-9-10-11-12-13-14-15-18(3,5-2)16-17(19)20/h4-16H2,1-3H3,(H,19,20). The lowest BCUT2D eigenvalue weighted by Crippen LogP contribution is -2.19. The van der Waals surface area contributed by atoms with Crippen LogP contribution in [0.1, 0.15) is 104 Å². The van der Waals surface area contributed by atoms with Gasteiger partial charge in [-0.3, -0.25) is 4.79 Å². The van der Waals surface area contributed by atoms with Gasteiger partial charge >= 0.3 is 5.97 Å². The first-order valence-corrected chi connectivity index (χ1v) is 8.76. The summed E-state index contributed by atoms with van der Waals surface area (Å²) in [5, 5.41) is 8.94. The van der Waals surface area contributed by atoms with Gasteiger partial charge in [-0.2, -0.15) is 0 Å². The molecule has 0 aromatic carbocycles. The minimum Gasteiger partial charge on any atom is -0.481 e. The van der Waals surface area contributed by atoms with Gasteiger partial charge in [0.15, 0.2) is 0 Å². The maximum atomic E-state index is 10.9. The van der Waals surface area contributed by atoms with Crippen molar-refractivity contribution < 1.29 is 9.90 Å². The molecular weight excluding hydrogens is 248 g/mol. The summed E-state index contributed by atoms with van der Waals surface area (Å²) < 4.78 is 0. The number of hydrogen-bond acceptors (Lipinski definition) is 1. The summed E-state index contributed by atoms with van der Waals surface area (Å²) in [6.07, 6.45) is 15.8. The molecule has 0 aliphatic rings. The number of carbonyl (C=O) groups is 1. The van der Waals surface area contributed by atoms with Crippen molar-refractivity contribution in [2.75, 3.05) is 0 Å². The number of carboxylic acids is 1. The van der Waals surface area contributed by atoms with Gasteiger partial charge in [0.1, 0.15) is 0 Å². The first kappa shape index (κ1) is 19.5. The molecule has 0 aliphatic carbocycles. The third-order valence-corrected chi connectivity index (χ3v) is 4.57. The Kier molecular flexibility index (Phi) is 11.9. The zero-order valence-electron chi connectivity index (χ0n) is 14.0. The minimum atomic E-state index is -0.651. The van der Waals surface area contributed by atoms with E-state index in [9.17, 15) is 4.79 Å². The van der Waals surface area contributed by atoms with E-state index in [1.54, 1.807) is 0 Å². The lowest BCUT2D eigenvalue weighted by Gasteiger charge is -2.26. The summed E-state index contributed by atoms with van der Waals surface area (Å²) in [5.41, 5.74) is 0.00594. The van der Waals surface area contributed by atoms with Crippen molar-refractivity contribution in [3.8, 4) is 0 Å². The zero-order valence-corrected chi connectivity index (χ0v) is 14.0. The maximum Gasteiger partial charge on any atom is 0.303 e. The predicted molar refractivity (Wildman–Crippen MR) is 87.1 cm³/mol. The third kappa shape index (κ3) is 11.3. The summed E-state index contributed by atoms with van der Waals surface area (Å²) in [7, 11) is 0. The molecule has 1 unspecified atom stereocenters. The van der Waals surface area contributed by atoms with Crippen LogP contribution < -0.4 is 0 Å². The lowest BCUT2D eigenvalue weighted by molar-refractivity contribution is -0.139. The molecule has 0 heterocycles. The van der Waals surface area contributed by atoms with Crippen LogP contribution in [0.15, 0.2) is 0 Å². The molecule has 0 bridgehead atoms. The highest BCUT2D eigenvalue weighted by atomic mass is 16.4. The molecule has 0 rings (SSSR count). The van der Waals surface area contributed by atoms with Crippen molar-refractivity contribution >= 4 is 5.97 Å². The SMILES string of the molecule is CCCCCCCCCCCCC(C)(CC)CC(=O)O. The fourth-order valence-corrected chi connectivity index (χ4v) is 2.79. The van der Waals surface area contributed by atoms with E-state index in [1.165, 1.54) is 64.2 Å². The van der Waals surface area contributed by atoms with Crippen LogP contribution in [0, 0.1) is 5.41 Å². The molecule has 2 nitrogen and oxygen atoms in total. The first-order valence-electron chi connectivity index (χ1n) is 8.76. The van der Waals surface area contributed by atoms with E-state index in [0.29, 0.717) is 6.42 Å². The molecule has 0 radical (unpaired) electrons. The van der Waals surface area contributed by atoms with Crippen molar-refractivity contribution in [1.82, 2.24) is 0 Å². The van der Waals surface area contributed by atoms with Crippen molar-refractivity contribution in [2.45, 2.75) is 104 Å². The average Bonchev–Trinajstić information content (AvgIpc) is 2.40. The van der Waals surface area contributed by atoms with Gasteiger partial charge in [0.2, 0.25) is 0 Å². The Balaban J connectivity index is 3.44. The summed E-state index contributed by atoms with van der Waals surface area (Å²) in [4.78, 5) is 10.9. The van der Waals surface area contributed by atoms with Gasteiger partial charge in [0.25, 0.3) is 0 Å². The van der Waals surface area contributed by atoms with Crippen molar-refractivity contribution in [1.29, 1.82) is 0 Å². The molecular formula is C18H36O2. The monoisotopic (exact) mass is 284 g/mol. The van der Waals surface area contributed by atoms with Crippen LogP contribution in [0.25, 0.3) is 0 Å². The molecule has 120 valence electrons. The molecule has 1 N–H and O–H groups in total. The normalized spacial score (nSPS) is 14.2. The Labute approximate surface area is 126 Å². The Morgan fingerprint density at radius 1 is 0.850 bits per heavy atom. The van der Waals surface area contributed by atoms with Gasteiger partial charge in [-0.1, -0.05) is 91.4 Å². The Bertz CT molecular complexity index is 238. The van der Waals surface area contributed by atoms with Crippen LogP contribution in [0.3, 0.4) is 0 Å². The number of carboxylic acid groups (broad SMARTS) is 1. The Morgan fingerprint density at radius 3 is 1.70 bits per heavy atom. The van der Waals surface area contributed by atoms with Crippen LogP contribution in [0.5, 0.6) is 0 Å². The van der Waals surface area contributed by atoms with E-state index in [2.05, 4.69) is 20.8 Å². The van der Waals surface area contributed by atoms with E-state index in [4.69, 9.17) is 5.11 Å². The van der Waals surface area contributed by atoms with Crippen LogP contribution in [-0.4, -0.2) is 11.1 Å². The van der Waals surface area contributed by atoms with E-state index in [-0.39, 0.29) is 5.41 Å². The molecule has 0 spiro atoms. The van der Waals surface area contributed by atoms with E-state index >= 15 is 0 Å². The van der Waals surface area contributed by atoms with Gasteiger partial charge in [-0.25, -0.2) is 0 Å². The predicted octanol–water partition coefficient (Wildman–Crippen LogP) is 6.19. The highest BCUT2D eigenvalue weighted by Gasteiger charge is 2.24. The summed E-state index contributed by atoms with van der Waals surface area (Å²) in [6, 6.07) is 0. The van der Waals surface area contributed by atoms with Gasteiger partial charge in [0, 0.05) is 0 Å². The van der Waals surface area contributed by atoms with Crippen LogP contribution in [0.2, 0.25) is 0 Å². The second kappa shape index (κ2) is 12.2. The van der Waals surface area contributed by atoms with Crippen molar-refractivity contribution in [2.24, 2.45) is 5.41 Å². The maximum absolute atomic E-state index is 10.9. The largest absolute Gasteiger partial charge is 0.481 e. The molecule has 20 heavy (non-hydrogen) atoms. The fourth-order valence-electron chi connectivity index (χ4n) is 2.79. The summed E-state index contributed by atoms with van der Waals surface area (Å²) in [5.74, 6) is -0.651. The molecule has 0 amide bonds. The zero-order chi connectivity index (χ0) is 15.3. The van der Waals surface area contributed by atoms with Crippen LogP contribution in [-0.2, 0) is 4.79 Å². The molecule has 0 aromatic rings. The smallest absolute Gasteiger partial charge is 0.303 e. The number of aliphatic carboxylic acids is 1. The van der Waals surface area contributed by atoms with Gasteiger partial charge in [-0.15, -0.1) is 0 Å². The molecule has 0 fully saturated rings. The second-order valence-corrected chi connectivity index (χ2v) is 6.67. The highest BCUT2D eigenvalue weighted by Crippen LogP contribution is 2.32. The molecule has 2 heteroatoms. The van der Waals surface area contributed by atoms with E-state index in [0.717, 1.165) is 12.8 Å². The van der Waals surface area contributed by atoms with Crippen molar-refractivity contribution in [3.05, 3.63) is 0 Å². The van der Waals surface area contributed by atoms with Crippen LogP contribution >= 0.6 is 0 Å². The summed E-state index contributed by atoms with van der Waals surface area (Å²) >= 11 is 0. The Morgan fingerprint density at radius 2 is 1.30 bits per heavy atom. The first-order chi connectivity index (χ1) is 9.54. The Hall–Kier alpha value is -0.530. The van der Waals surface area contributed by atoms with E-state index < -0.39 is 5.97 Å². The van der Waals surface area contributed by atoms with Gasteiger partial charge < -0.3 is 5.11 Å². The van der Waals surface area contributed by atoms with E-state index in [1.807, 2.05) is 0 Å². The molecule has 0 saturated carbocycles. The highest BCUT2D eigenvalue weighted by molar-refractivity contribution is 5.67.